The molecule has 1 saturated heterocycles. The zero-order valence-electron chi connectivity index (χ0n) is 17.1. The molecular formula is C21H26NO7P. The Morgan fingerprint density at radius 3 is 2.33 bits per heavy atom. The number of nitrogens with zero attached hydrogens (tertiary/aromatic N) is 1. The predicted octanol–water partition coefficient (Wildman–Crippen LogP) is 4.11. The highest BCUT2D eigenvalue weighted by atomic mass is 31.2. The minimum atomic E-state index is -3.80. The van der Waals surface area contributed by atoms with E-state index in [1.165, 1.54) is 23.3 Å². The standard InChI is InChI=1S/C21H26NO7P/c1-4-27-30(26,28-5-2)21-18(19(25)16-13-15(23)11-12-17(16)24)20(29-22(21)3)14-9-7-6-8-10-14/h6-13,18,20-21,23-24H,4-5H2,1-3H3/t18-,20-,21-/m1/s1. The van der Waals surface area contributed by atoms with Crippen LogP contribution in [-0.2, 0) is 18.5 Å². The first-order valence-electron chi connectivity index (χ1n) is 9.72. The number of benzene rings is 2. The van der Waals surface area contributed by atoms with Gasteiger partial charge in [-0.3, -0.25) is 14.2 Å². The van der Waals surface area contributed by atoms with E-state index < -0.39 is 31.2 Å². The number of carbonyl (C=O) groups is 1. The molecule has 1 fully saturated rings. The molecule has 0 aromatic heterocycles. The number of hydrogen-bond acceptors (Lipinski definition) is 8. The first-order chi connectivity index (χ1) is 14.3. The third-order valence-electron chi connectivity index (χ3n) is 4.92. The Labute approximate surface area is 175 Å². The van der Waals surface area contributed by atoms with Crippen molar-refractivity contribution in [1.82, 2.24) is 5.06 Å². The maximum absolute atomic E-state index is 13.7. The summed E-state index contributed by atoms with van der Waals surface area (Å²) in [5.74, 6) is -3.06. The van der Waals surface area contributed by atoms with Gasteiger partial charge in [-0.05, 0) is 37.6 Å². The highest BCUT2D eigenvalue weighted by Gasteiger charge is 2.56. The van der Waals surface area contributed by atoms with E-state index in [4.69, 9.17) is 13.9 Å². The van der Waals surface area contributed by atoms with Crippen LogP contribution in [-0.4, -0.2) is 47.1 Å². The Hall–Kier alpha value is -2.22. The zero-order valence-corrected chi connectivity index (χ0v) is 18.0. The molecule has 30 heavy (non-hydrogen) atoms. The Morgan fingerprint density at radius 1 is 1.10 bits per heavy atom. The number of phenols is 2. The Morgan fingerprint density at radius 2 is 1.73 bits per heavy atom. The molecule has 8 nitrogen and oxygen atoms in total. The molecule has 162 valence electrons. The number of ketones is 1. The van der Waals surface area contributed by atoms with Gasteiger partial charge in [0.15, 0.2) is 5.78 Å². The molecule has 1 heterocycles. The van der Waals surface area contributed by atoms with Crippen molar-refractivity contribution in [1.29, 1.82) is 0 Å². The van der Waals surface area contributed by atoms with Crippen LogP contribution < -0.4 is 0 Å². The molecule has 0 aliphatic carbocycles. The minimum absolute atomic E-state index is 0.0932. The van der Waals surface area contributed by atoms with Gasteiger partial charge in [-0.25, -0.2) is 0 Å². The maximum atomic E-state index is 13.7. The molecule has 0 bridgehead atoms. The van der Waals surface area contributed by atoms with Gasteiger partial charge >= 0.3 is 7.60 Å². The smallest absolute Gasteiger partial charge is 0.350 e. The van der Waals surface area contributed by atoms with Gasteiger partial charge in [0.05, 0.1) is 24.7 Å². The quantitative estimate of drug-likeness (QED) is 0.363. The second-order valence-electron chi connectivity index (χ2n) is 6.86. The lowest BCUT2D eigenvalue weighted by Crippen LogP contribution is -2.35. The van der Waals surface area contributed by atoms with Gasteiger partial charge in [-0.1, -0.05) is 30.3 Å². The summed E-state index contributed by atoms with van der Waals surface area (Å²) in [7, 11) is -2.23. The van der Waals surface area contributed by atoms with Crippen LogP contribution in [0.3, 0.4) is 0 Å². The van der Waals surface area contributed by atoms with Gasteiger partial charge in [-0.15, -0.1) is 0 Å². The Kier molecular flexibility index (Phi) is 6.95. The fraction of sp³-hybridized carbons (Fsp3) is 0.381. The van der Waals surface area contributed by atoms with Crippen LogP contribution >= 0.6 is 7.60 Å². The van der Waals surface area contributed by atoms with Crippen molar-refractivity contribution >= 4 is 13.4 Å². The first-order valence-corrected chi connectivity index (χ1v) is 11.3. The molecule has 1 aliphatic heterocycles. The number of phenolic OH excluding ortho intramolecular Hbond substituents is 2. The van der Waals surface area contributed by atoms with Crippen molar-refractivity contribution in [3.8, 4) is 11.5 Å². The zero-order chi connectivity index (χ0) is 21.9. The average molecular weight is 435 g/mol. The van der Waals surface area contributed by atoms with Gasteiger partial charge in [-0.2, -0.15) is 5.06 Å². The number of hydrogen-bond donors (Lipinski definition) is 2. The fourth-order valence-corrected chi connectivity index (χ4v) is 5.96. The van der Waals surface area contributed by atoms with Crippen LogP contribution in [0.1, 0.15) is 35.9 Å². The lowest BCUT2D eigenvalue weighted by Gasteiger charge is -2.29. The van der Waals surface area contributed by atoms with Gasteiger partial charge in [0.1, 0.15) is 23.4 Å². The third kappa shape index (κ3) is 4.29. The molecule has 2 aromatic carbocycles. The van der Waals surface area contributed by atoms with Crippen LogP contribution in [0, 0.1) is 5.92 Å². The largest absolute Gasteiger partial charge is 0.508 e. The van der Waals surface area contributed by atoms with Crippen molar-refractivity contribution in [3.63, 3.8) is 0 Å². The number of rotatable bonds is 8. The van der Waals surface area contributed by atoms with Gasteiger partial charge in [0.2, 0.25) is 0 Å². The summed E-state index contributed by atoms with van der Waals surface area (Å²) in [4.78, 5) is 19.6. The summed E-state index contributed by atoms with van der Waals surface area (Å²) in [5, 5.41) is 21.5. The molecule has 3 rings (SSSR count). The van der Waals surface area contributed by atoms with E-state index in [9.17, 15) is 19.6 Å². The molecule has 0 radical (unpaired) electrons. The number of aromatic hydroxyl groups is 2. The first kappa shape index (κ1) is 22.5. The maximum Gasteiger partial charge on any atom is 0.350 e. The van der Waals surface area contributed by atoms with Gasteiger partial charge in [0, 0.05) is 7.05 Å². The molecule has 1 aliphatic rings. The summed E-state index contributed by atoms with van der Waals surface area (Å²) in [6, 6.07) is 12.8. The Bertz CT molecular complexity index is 926. The van der Waals surface area contributed by atoms with Crippen molar-refractivity contribution in [2.45, 2.75) is 25.7 Å². The average Bonchev–Trinajstić information content (AvgIpc) is 3.08. The van der Waals surface area contributed by atoms with E-state index in [-0.39, 0.29) is 30.3 Å². The summed E-state index contributed by atoms with van der Waals surface area (Å²) in [6.45, 7) is 3.62. The van der Waals surface area contributed by atoms with Gasteiger partial charge in [0.25, 0.3) is 0 Å². The predicted molar refractivity (Wildman–Crippen MR) is 110 cm³/mol. The number of Topliss-reactive ketones (excluding diaryl/α,β-unsaturated/α-hetero) is 1. The van der Waals surface area contributed by atoms with E-state index in [0.29, 0.717) is 5.56 Å². The molecule has 2 N–H and O–H groups in total. The molecule has 9 heteroatoms. The SMILES string of the molecule is CCOP(=O)(OCC)[C@@H]1[C@H](C(=O)c2cc(O)ccc2O)[C@@H](c2ccccc2)ON1C. The highest BCUT2D eigenvalue weighted by Crippen LogP contribution is 2.62. The molecule has 0 saturated carbocycles. The van der Waals surface area contributed by atoms with Crippen molar-refractivity contribution in [3.05, 3.63) is 59.7 Å². The van der Waals surface area contributed by atoms with Crippen LogP contribution in [0.2, 0.25) is 0 Å². The summed E-state index contributed by atoms with van der Waals surface area (Å²) >= 11 is 0. The molecular weight excluding hydrogens is 409 g/mol. The van der Waals surface area contributed by atoms with Crippen LogP contribution in [0.4, 0.5) is 0 Å². The second kappa shape index (κ2) is 9.29. The lowest BCUT2D eigenvalue weighted by atomic mass is 9.88. The second-order valence-corrected chi connectivity index (χ2v) is 8.99. The monoisotopic (exact) mass is 435 g/mol. The molecule has 0 spiro atoms. The van der Waals surface area contributed by atoms with E-state index in [1.807, 2.05) is 18.2 Å². The normalized spacial score (nSPS) is 22.3. The molecule has 3 atom stereocenters. The summed E-state index contributed by atoms with van der Waals surface area (Å²) in [6.07, 6.45) is -0.787. The Balaban J connectivity index is 2.14. The summed E-state index contributed by atoms with van der Waals surface area (Å²) < 4.78 is 24.7. The van der Waals surface area contributed by atoms with Crippen molar-refractivity contribution < 1.29 is 33.5 Å². The number of carbonyl (C=O) groups excluding carboxylic acids is 1. The fourth-order valence-electron chi connectivity index (χ4n) is 3.72. The molecule has 0 unspecified atom stereocenters. The summed E-state index contributed by atoms with van der Waals surface area (Å²) in [5.41, 5.74) is 0.605. The van der Waals surface area contributed by atoms with Crippen LogP contribution in [0.25, 0.3) is 0 Å². The van der Waals surface area contributed by atoms with Crippen molar-refractivity contribution in [2.24, 2.45) is 5.92 Å². The number of hydroxylamine groups is 2. The topological polar surface area (TPSA) is 106 Å². The van der Waals surface area contributed by atoms with Crippen LogP contribution in [0.5, 0.6) is 11.5 Å². The van der Waals surface area contributed by atoms with E-state index in [1.54, 1.807) is 33.0 Å². The molecule has 0 amide bonds. The van der Waals surface area contributed by atoms with E-state index >= 15 is 0 Å². The van der Waals surface area contributed by atoms with Gasteiger partial charge < -0.3 is 19.3 Å². The minimum Gasteiger partial charge on any atom is -0.508 e. The third-order valence-corrected chi connectivity index (χ3v) is 7.45. The highest BCUT2D eigenvalue weighted by molar-refractivity contribution is 7.54. The lowest BCUT2D eigenvalue weighted by molar-refractivity contribution is -0.137. The van der Waals surface area contributed by atoms with E-state index in [0.717, 1.165) is 0 Å². The van der Waals surface area contributed by atoms with Crippen molar-refractivity contribution in [2.75, 3.05) is 20.3 Å². The van der Waals surface area contributed by atoms with Crippen LogP contribution in [0.15, 0.2) is 48.5 Å². The molecule has 2 aromatic rings. The van der Waals surface area contributed by atoms with E-state index in [2.05, 4.69) is 0 Å².